The molecule has 3 nitrogen and oxygen atoms in total. The quantitative estimate of drug-likeness (QED) is 0.848. The van der Waals surface area contributed by atoms with Crippen LogP contribution in [-0.2, 0) is 6.54 Å². The lowest BCUT2D eigenvalue weighted by Gasteiger charge is -2.18. The van der Waals surface area contributed by atoms with Gasteiger partial charge in [-0.15, -0.1) is 0 Å². The number of aromatic nitrogens is 1. The highest BCUT2D eigenvalue weighted by atomic mass is 15.1. The zero-order valence-electron chi connectivity index (χ0n) is 11.0. The average molecular weight is 243 g/mol. The fourth-order valence-corrected chi connectivity index (χ4v) is 2.72. The van der Waals surface area contributed by atoms with E-state index in [1.54, 1.807) is 0 Å². The maximum atomic E-state index is 3.45. The van der Waals surface area contributed by atoms with Gasteiger partial charge < -0.3 is 10.3 Å². The molecular formula is C15H21N3. The second-order valence-electron chi connectivity index (χ2n) is 5.24. The van der Waals surface area contributed by atoms with E-state index in [9.17, 15) is 0 Å². The summed E-state index contributed by atoms with van der Waals surface area (Å²) in [6.45, 7) is 7.84. The van der Waals surface area contributed by atoms with Gasteiger partial charge in [-0.2, -0.15) is 0 Å². The van der Waals surface area contributed by atoms with Crippen LogP contribution in [-0.4, -0.2) is 36.1 Å². The van der Waals surface area contributed by atoms with Crippen LogP contribution >= 0.6 is 0 Å². The maximum absolute atomic E-state index is 3.45. The molecule has 0 bridgehead atoms. The summed E-state index contributed by atoms with van der Waals surface area (Å²) in [6, 6.07) is 6.63. The summed E-state index contributed by atoms with van der Waals surface area (Å²) >= 11 is 0. The second kappa shape index (κ2) is 5.12. The van der Waals surface area contributed by atoms with Crippen molar-refractivity contribution < 1.29 is 0 Å². The van der Waals surface area contributed by atoms with Crippen molar-refractivity contribution in [2.45, 2.75) is 19.9 Å². The molecule has 3 rings (SSSR count). The van der Waals surface area contributed by atoms with E-state index >= 15 is 0 Å². The van der Waals surface area contributed by atoms with E-state index in [-0.39, 0.29) is 0 Å². The fraction of sp³-hybridized carbons (Fsp3) is 0.467. The minimum atomic E-state index is 1.06. The lowest BCUT2D eigenvalue weighted by molar-refractivity contribution is 0.285. The highest BCUT2D eigenvalue weighted by Crippen LogP contribution is 2.21. The Morgan fingerprint density at radius 1 is 1.22 bits per heavy atom. The van der Waals surface area contributed by atoms with Crippen molar-refractivity contribution in [3.05, 3.63) is 35.5 Å². The highest BCUT2D eigenvalue weighted by molar-refractivity contribution is 5.83. The summed E-state index contributed by atoms with van der Waals surface area (Å²) in [6.07, 6.45) is 3.42. The summed E-state index contributed by atoms with van der Waals surface area (Å²) in [5, 5.41) is 4.84. The molecule has 1 aliphatic heterocycles. The van der Waals surface area contributed by atoms with Crippen molar-refractivity contribution in [2.24, 2.45) is 0 Å². The third-order valence-electron chi connectivity index (χ3n) is 3.75. The third kappa shape index (κ3) is 2.42. The van der Waals surface area contributed by atoms with Crippen LogP contribution in [0, 0.1) is 6.92 Å². The number of fused-ring (bicyclic) bond motifs is 1. The van der Waals surface area contributed by atoms with Crippen LogP contribution in [0.1, 0.15) is 17.5 Å². The molecule has 96 valence electrons. The third-order valence-corrected chi connectivity index (χ3v) is 3.75. The molecule has 0 saturated carbocycles. The molecular weight excluding hydrogens is 222 g/mol. The summed E-state index contributed by atoms with van der Waals surface area (Å²) in [7, 11) is 0. The number of H-pyrrole nitrogens is 1. The van der Waals surface area contributed by atoms with Gasteiger partial charge in [0.25, 0.3) is 0 Å². The van der Waals surface area contributed by atoms with Gasteiger partial charge >= 0.3 is 0 Å². The van der Waals surface area contributed by atoms with E-state index in [0.717, 1.165) is 26.2 Å². The minimum absolute atomic E-state index is 1.06. The van der Waals surface area contributed by atoms with E-state index in [0.29, 0.717) is 0 Å². The van der Waals surface area contributed by atoms with Crippen LogP contribution in [0.2, 0.25) is 0 Å². The van der Waals surface area contributed by atoms with Crippen molar-refractivity contribution >= 4 is 10.9 Å². The Bertz CT molecular complexity index is 522. The number of aryl methyl sites for hydroxylation is 1. The number of nitrogens with zero attached hydrogens (tertiary/aromatic N) is 1. The van der Waals surface area contributed by atoms with Crippen molar-refractivity contribution in [3.8, 4) is 0 Å². The van der Waals surface area contributed by atoms with Gasteiger partial charge in [0.2, 0.25) is 0 Å². The Kier molecular flexibility index (Phi) is 3.35. The molecule has 2 N–H and O–H groups in total. The van der Waals surface area contributed by atoms with Crippen LogP contribution in [0.3, 0.4) is 0 Å². The Morgan fingerprint density at radius 2 is 2.17 bits per heavy atom. The highest BCUT2D eigenvalue weighted by Gasteiger charge is 2.11. The predicted octanol–water partition coefficient (Wildman–Crippen LogP) is 2.27. The normalized spacial score (nSPS) is 18.1. The lowest BCUT2D eigenvalue weighted by atomic mass is 10.1. The monoisotopic (exact) mass is 243 g/mol. The van der Waals surface area contributed by atoms with Gasteiger partial charge in [0.15, 0.2) is 0 Å². The van der Waals surface area contributed by atoms with Gasteiger partial charge in [-0.05, 0) is 44.1 Å². The Balaban J connectivity index is 1.83. The lowest BCUT2D eigenvalue weighted by Crippen LogP contribution is -2.27. The first-order valence-corrected chi connectivity index (χ1v) is 6.82. The first kappa shape index (κ1) is 11.8. The molecule has 2 aromatic rings. The molecule has 1 fully saturated rings. The molecule has 0 radical (unpaired) electrons. The summed E-state index contributed by atoms with van der Waals surface area (Å²) in [5.41, 5.74) is 4.01. The largest absolute Gasteiger partial charge is 0.361 e. The van der Waals surface area contributed by atoms with Crippen molar-refractivity contribution in [1.82, 2.24) is 15.2 Å². The number of hydrogen-bond acceptors (Lipinski definition) is 2. The number of benzene rings is 1. The maximum Gasteiger partial charge on any atom is 0.0457 e. The number of hydrogen-bond donors (Lipinski definition) is 2. The van der Waals surface area contributed by atoms with Gasteiger partial charge in [0.1, 0.15) is 0 Å². The van der Waals surface area contributed by atoms with E-state index in [1.165, 1.54) is 35.0 Å². The first-order valence-electron chi connectivity index (χ1n) is 6.82. The standard InChI is InChI=1S/C15H21N3/c1-12-3-4-15-14(9-12)13(10-17-15)11-18-7-2-5-16-6-8-18/h3-4,9-10,16-17H,2,5-8,11H2,1H3. The van der Waals surface area contributed by atoms with Gasteiger partial charge in [0, 0.05) is 36.7 Å². The number of aromatic amines is 1. The second-order valence-corrected chi connectivity index (χ2v) is 5.24. The fourth-order valence-electron chi connectivity index (χ4n) is 2.72. The summed E-state index contributed by atoms with van der Waals surface area (Å²) in [5.74, 6) is 0. The molecule has 1 aromatic heterocycles. The van der Waals surface area contributed by atoms with Crippen molar-refractivity contribution in [3.63, 3.8) is 0 Å². The van der Waals surface area contributed by atoms with Crippen molar-refractivity contribution in [2.75, 3.05) is 26.2 Å². The Morgan fingerprint density at radius 3 is 3.11 bits per heavy atom. The predicted molar refractivity (Wildman–Crippen MR) is 75.8 cm³/mol. The first-order chi connectivity index (χ1) is 8.83. The molecule has 18 heavy (non-hydrogen) atoms. The van der Waals surface area contributed by atoms with Crippen LogP contribution in [0.15, 0.2) is 24.4 Å². The van der Waals surface area contributed by atoms with Crippen LogP contribution < -0.4 is 5.32 Å². The molecule has 0 aliphatic carbocycles. The van der Waals surface area contributed by atoms with E-state index < -0.39 is 0 Å². The number of rotatable bonds is 2. The SMILES string of the molecule is Cc1ccc2[nH]cc(CN3CCCNCC3)c2c1. The summed E-state index contributed by atoms with van der Waals surface area (Å²) < 4.78 is 0. The zero-order valence-corrected chi connectivity index (χ0v) is 11.0. The van der Waals surface area contributed by atoms with E-state index in [1.807, 2.05) is 0 Å². The molecule has 0 amide bonds. The average Bonchev–Trinajstić information content (AvgIpc) is 2.60. The Labute approximate surface area is 108 Å². The summed E-state index contributed by atoms with van der Waals surface area (Å²) in [4.78, 5) is 5.92. The molecule has 1 aromatic carbocycles. The van der Waals surface area contributed by atoms with Gasteiger partial charge in [-0.25, -0.2) is 0 Å². The molecule has 0 unspecified atom stereocenters. The smallest absolute Gasteiger partial charge is 0.0457 e. The van der Waals surface area contributed by atoms with Crippen LogP contribution in [0.4, 0.5) is 0 Å². The van der Waals surface area contributed by atoms with Crippen molar-refractivity contribution in [1.29, 1.82) is 0 Å². The zero-order chi connectivity index (χ0) is 12.4. The van der Waals surface area contributed by atoms with Gasteiger partial charge in [-0.1, -0.05) is 11.6 Å². The topological polar surface area (TPSA) is 31.1 Å². The minimum Gasteiger partial charge on any atom is -0.361 e. The molecule has 1 saturated heterocycles. The van der Waals surface area contributed by atoms with Crippen LogP contribution in [0.5, 0.6) is 0 Å². The molecule has 0 spiro atoms. The van der Waals surface area contributed by atoms with Crippen LogP contribution in [0.25, 0.3) is 10.9 Å². The van der Waals surface area contributed by atoms with Gasteiger partial charge in [-0.3, -0.25) is 4.90 Å². The molecule has 3 heteroatoms. The number of nitrogens with one attached hydrogen (secondary N) is 2. The molecule has 1 aliphatic rings. The van der Waals surface area contributed by atoms with Gasteiger partial charge in [0.05, 0.1) is 0 Å². The van der Waals surface area contributed by atoms with E-state index in [2.05, 4.69) is 46.5 Å². The molecule has 0 atom stereocenters. The Hall–Kier alpha value is -1.32. The van der Waals surface area contributed by atoms with E-state index in [4.69, 9.17) is 0 Å². The molecule has 2 heterocycles.